The molecule has 0 aliphatic carbocycles. The van der Waals surface area contributed by atoms with Crippen LogP contribution in [0, 0.1) is 0 Å². The summed E-state index contributed by atoms with van der Waals surface area (Å²) in [4.78, 5) is 21.8. The van der Waals surface area contributed by atoms with E-state index >= 15 is 0 Å². The van der Waals surface area contributed by atoms with Crippen molar-refractivity contribution < 1.29 is 19.0 Å². The average Bonchev–Trinajstić information content (AvgIpc) is 2.77. The number of methoxy groups -OCH3 is 3. The van der Waals surface area contributed by atoms with Gasteiger partial charge in [0.1, 0.15) is 4.99 Å². The summed E-state index contributed by atoms with van der Waals surface area (Å²) in [5.74, 6) is 1.31. The summed E-state index contributed by atoms with van der Waals surface area (Å²) in [5, 5.41) is 0. The molecule has 8 heteroatoms. The van der Waals surface area contributed by atoms with E-state index in [1.807, 2.05) is 17.0 Å². The summed E-state index contributed by atoms with van der Waals surface area (Å²) in [6, 6.07) is 7.17. The maximum atomic E-state index is 13.0. The third kappa shape index (κ3) is 4.01. The molecule has 1 aliphatic heterocycles. The number of hydrogen-bond donors (Lipinski definition) is 0. The van der Waals surface area contributed by atoms with Crippen LogP contribution in [0.15, 0.2) is 36.7 Å². The number of amides is 1. The fourth-order valence-corrected chi connectivity index (χ4v) is 3.47. The molecular formula is C20H23N3O4S. The van der Waals surface area contributed by atoms with Gasteiger partial charge in [-0.1, -0.05) is 12.2 Å². The van der Waals surface area contributed by atoms with Gasteiger partial charge in [0.2, 0.25) is 5.75 Å². The van der Waals surface area contributed by atoms with Crippen LogP contribution in [0.4, 0.5) is 0 Å². The molecule has 28 heavy (non-hydrogen) atoms. The second-order valence-electron chi connectivity index (χ2n) is 6.24. The molecule has 2 heterocycles. The fraction of sp³-hybridized carbons (Fsp3) is 0.350. The lowest BCUT2D eigenvalue weighted by Gasteiger charge is -2.36. The molecule has 1 fully saturated rings. The first-order chi connectivity index (χ1) is 13.6. The minimum absolute atomic E-state index is 0.0776. The molecular weight excluding hydrogens is 378 g/mol. The Hall–Kier alpha value is -2.87. The van der Waals surface area contributed by atoms with E-state index in [9.17, 15) is 4.79 Å². The molecule has 0 atom stereocenters. The van der Waals surface area contributed by atoms with Crippen molar-refractivity contribution in [2.24, 2.45) is 0 Å². The molecule has 1 aliphatic rings. The monoisotopic (exact) mass is 401 g/mol. The maximum Gasteiger partial charge on any atom is 0.254 e. The summed E-state index contributed by atoms with van der Waals surface area (Å²) in [6.07, 6.45) is 3.48. The lowest BCUT2D eigenvalue weighted by molar-refractivity contribution is 0.0692. The Labute approximate surface area is 169 Å². The van der Waals surface area contributed by atoms with Gasteiger partial charge in [0.25, 0.3) is 5.91 Å². The number of carbonyl (C=O) groups is 1. The molecule has 0 saturated carbocycles. The first-order valence-corrected chi connectivity index (χ1v) is 9.28. The predicted molar refractivity (Wildman–Crippen MR) is 110 cm³/mol. The van der Waals surface area contributed by atoms with Crippen LogP contribution in [0.25, 0.3) is 0 Å². The fourth-order valence-electron chi connectivity index (χ4n) is 3.17. The predicted octanol–water partition coefficient (Wildman–Crippen LogP) is 2.24. The van der Waals surface area contributed by atoms with Crippen LogP contribution in [0.5, 0.6) is 17.2 Å². The Morgan fingerprint density at radius 2 is 1.57 bits per heavy atom. The van der Waals surface area contributed by atoms with Crippen molar-refractivity contribution in [3.8, 4) is 17.2 Å². The Kier molecular flexibility index (Phi) is 6.30. The van der Waals surface area contributed by atoms with Gasteiger partial charge in [-0.3, -0.25) is 9.78 Å². The van der Waals surface area contributed by atoms with Gasteiger partial charge in [0.05, 0.1) is 21.3 Å². The zero-order chi connectivity index (χ0) is 20.1. The van der Waals surface area contributed by atoms with E-state index in [2.05, 4.69) is 9.88 Å². The van der Waals surface area contributed by atoms with Gasteiger partial charge >= 0.3 is 0 Å². The first-order valence-electron chi connectivity index (χ1n) is 8.87. The average molecular weight is 401 g/mol. The largest absolute Gasteiger partial charge is 0.493 e. The van der Waals surface area contributed by atoms with Crippen molar-refractivity contribution >= 4 is 23.1 Å². The van der Waals surface area contributed by atoms with Gasteiger partial charge in [-0.25, -0.2) is 0 Å². The third-order valence-corrected chi connectivity index (χ3v) is 5.17. The normalized spacial score (nSPS) is 13.8. The molecule has 0 bridgehead atoms. The van der Waals surface area contributed by atoms with Crippen LogP contribution >= 0.6 is 12.2 Å². The topological polar surface area (TPSA) is 64.1 Å². The summed E-state index contributed by atoms with van der Waals surface area (Å²) >= 11 is 5.57. The first kappa shape index (κ1) is 19.9. The summed E-state index contributed by atoms with van der Waals surface area (Å²) in [5.41, 5.74) is 1.42. The van der Waals surface area contributed by atoms with E-state index in [4.69, 9.17) is 26.4 Å². The lowest BCUT2D eigenvalue weighted by atomic mass is 10.1. The molecule has 0 N–H and O–H groups in total. The van der Waals surface area contributed by atoms with E-state index in [1.165, 1.54) is 21.3 Å². The number of rotatable bonds is 5. The number of carbonyl (C=O) groups excluding carboxylic acids is 1. The van der Waals surface area contributed by atoms with E-state index in [-0.39, 0.29) is 5.91 Å². The number of thiocarbonyl (C=S) groups is 1. The van der Waals surface area contributed by atoms with Crippen molar-refractivity contribution in [1.82, 2.24) is 14.8 Å². The van der Waals surface area contributed by atoms with Crippen molar-refractivity contribution in [2.45, 2.75) is 0 Å². The Morgan fingerprint density at radius 3 is 2.07 bits per heavy atom. The zero-order valence-electron chi connectivity index (χ0n) is 16.2. The third-order valence-electron chi connectivity index (χ3n) is 4.67. The van der Waals surface area contributed by atoms with Crippen LogP contribution in [0.3, 0.4) is 0 Å². The van der Waals surface area contributed by atoms with Gasteiger partial charge in [0, 0.05) is 49.7 Å². The van der Waals surface area contributed by atoms with E-state index in [0.717, 1.165) is 10.6 Å². The molecule has 1 aromatic carbocycles. The van der Waals surface area contributed by atoms with Crippen molar-refractivity contribution in [2.75, 3.05) is 47.5 Å². The maximum absolute atomic E-state index is 13.0. The number of nitrogens with zero attached hydrogens (tertiary/aromatic N) is 3. The number of piperazine rings is 1. The van der Waals surface area contributed by atoms with E-state index < -0.39 is 0 Å². The second-order valence-corrected chi connectivity index (χ2v) is 6.63. The SMILES string of the molecule is COc1cc(C(=O)N2CCN(C(=S)c3cccnc3)CC2)cc(OC)c1OC. The highest BCUT2D eigenvalue weighted by molar-refractivity contribution is 7.80. The van der Waals surface area contributed by atoms with E-state index in [1.54, 1.807) is 24.5 Å². The molecule has 1 aromatic heterocycles. The number of ether oxygens (including phenoxy) is 3. The van der Waals surface area contributed by atoms with Crippen LogP contribution in [0.1, 0.15) is 15.9 Å². The van der Waals surface area contributed by atoms with Crippen LogP contribution < -0.4 is 14.2 Å². The summed E-state index contributed by atoms with van der Waals surface area (Å²) < 4.78 is 16.0. The number of aromatic nitrogens is 1. The van der Waals surface area contributed by atoms with Crippen molar-refractivity contribution in [1.29, 1.82) is 0 Å². The highest BCUT2D eigenvalue weighted by Crippen LogP contribution is 2.38. The molecule has 7 nitrogen and oxygen atoms in total. The Balaban J connectivity index is 1.71. The quantitative estimate of drug-likeness (QED) is 0.712. The number of hydrogen-bond acceptors (Lipinski definition) is 6. The molecule has 1 saturated heterocycles. The number of pyridine rings is 1. The Bertz CT molecular complexity index is 827. The smallest absolute Gasteiger partial charge is 0.254 e. The highest BCUT2D eigenvalue weighted by Gasteiger charge is 2.26. The summed E-state index contributed by atoms with van der Waals surface area (Å²) in [6.45, 7) is 2.50. The van der Waals surface area contributed by atoms with Gasteiger partial charge in [0.15, 0.2) is 11.5 Å². The molecule has 3 rings (SSSR count). The molecule has 0 spiro atoms. The van der Waals surface area contributed by atoms with Crippen molar-refractivity contribution in [3.05, 3.63) is 47.8 Å². The van der Waals surface area contributed by atoms with Gasteiger partial charge in [-0.05, 0) is 24.3 Å². The minimum Gasteiger partial charge on any atom is -0.493 e. The van der Waals surface area contributed by atoms with Gasteiger partial charge in [-0.2, -0.15) is 0 Å². The number of benzene rings is 1. The van der Waals surface area contributed by atoms with Crippen LogP contribution in [-0.2, 0) is 0 Å². The highest BCUT2D eigenvalue weighted by atomic mass is 32.1. The second kappa shape index (κ2) is 8.88. The van der Waals surface area contributed by atoms with Gasteiger partial charge in [-0.15, -0.1) is 0 Å². The van der Waals surface area contributed by atoms with E-state index in [0.29, 0.717) is 49.0 Å². The molecule has 0 radical (unpaired) electrons. The molecule has 148 valence electrons. The van der Waals surface area contributed by atoms with Crippen LogP contribution in [-0.4, -0.2) is 73.2 Å². The van der Waals surface area contributed by atoms with Gasteiger partial charge < -0.3 is 24.0 Å². The Morgan fingerprint density at radius 1 is 0.964 bits per heavy atom. The molecule has 2 aromatic rings. The standard InChI is InChI=1S/C20H23N3O4S/c1-25-16-11-15(12-17(26-2)18(16)27-3)19(24)22-7-9-23(10-8-22)20(28)14-5-4-6-21-13-14/h4-6,11-13H,7-10H2,1-3H3. The summed E-state index contributed by atoms with van der Waals surface area (Å²) in [7, 11) is 4.60. The zero-order valence-corrected chi connectivity index (χ0v) is 17.0. The lowest BCUT2D eigenvalue weighted by Crippen LogP contribution is -2.50. The molecule has 1 amide bonds. The van der Waals surface area contributed by atoms with Crippen LogP contribution in [0.2, 0.25) is 0 Å². The van der Waals surface area contributed by atoms with Crippen molar-refractivity contribution in [3.63, 3.8) is 0 Å². The molecule has 0 unspecified atom stereocenters. The minimum atomic E-state index is -0.0776.